The van der Waals surface area contributed by atoms with Crippen molar-refractivity contribution >= 4 is 11.9 Å². The third-order valence-corrected chi connectivity index (χ3v) is 4.06. The second-order valence-electron chi connectivity index (χ2n) is 6.02. The van der Waals surface area contributed by atoms with E-state index in [-0.39, 0.29) is 37.7 Å². The van der Waals surface area contributed by atoms with Crippen molar-refractivity contribution in [3.63, 3.8) is 0 Å². The molecular formula is C20H20F3NO3. The summed E-state index contributed by atoms with van der Waals surface area (Å²) in [7, 11) is 1.25. The Bertz CT molecular complexity index is 794. The fraction of sp³-hybridized carbons (Fsp3) is 0.300. The molecule has 0 aliphatic carbocycles. The molecule has 0 spiro atoms. The van der Waals surface area contributed by atoms with Gasteiger partial charge in [0.1, 0.15) is 5.82 Å². The van der Waals surface area contributed by atoms with Gasteiger partial charge in [-0.3, -0.25) is 9.59 Å². The van der Waals surface area contributed by atoms with Gasteiger partial charge in [0.2, 0.25) is 5.91 Å². The molecule has 0 atom stereocenters. The molecule has 2 aromatic rings. The van der Waals surface area contributed by atoms with E-state index >= 15 is 0 Å². The van der Waals surface area contributed by atoms with Gasteiger partial charge in [0.15, 0.2) is 11.6 Å². The van der Waals surface area contributed by atoms with Gasteiger partial charge in [-0.1, -0.05) is 18.2 Å². The zero-order chi connectivity index (χ0) is 19.8. The standard InChI is InChI=1S/C20H20F3NO3/c1-27-20(26)10-11-24(13-15-4-8-17(22)18(23)12-15)19(25)9-5-14-2-6-16(21)7-3-14/h2-4,6-8,12H,5,9-11,13H2,1H3. The fourth-order valence-corrected chi connectivity index (χ4v) is 2.54. The zero-order valence-corrected chi connectivity index (χ0v) is 14.9. The average molecular weight is 379 g/mol. The number of carbonyl (C=O) groups is 2. The summed E-state index contributed by atoms with van der Waals surface area (Å²) in [6.45, 7) is 0.129. The summed E-state index contributed by atoms with van der Waals surface area (Å²) in [5, 5.41) is 0. The van der Waals surface area contributed by atoms with Crippen molar-refractivity contribution in [2.45, 2.75) is 25.8 Å². The summed E-state index contributed by atoms with van der Waals surface area (Å²) >= 11 is 0. The number of aryl methyl sites for hydroxylation is 1. The van der Waals surface area contributed by atoms with Crippen molar-refractivity contribution in [2.24, 2.45) is 0 Å². The highest BCUT2D eigenvalue weighted by atomic mass is 19.2. The van der Waals surface area contributed by atoms with Gasteiger partial charge in [0, 0.05) is 19.5 Å². The van der Waals surface area contributed by atoms with Gasteiger partial charge in [-0.25, -0.2) is 13.2 Å². The number of rotatable bonds is 8. The molecule has 0 heterocycles. The quantitative estimate of drug-likeness (QED) is 0.658. The molecule has 0 radical (unpaired) electrons. The second-order valence-corrected chi connectivity index (χ2v) is 6.02. The van der Waals surface area contributed by atoms with Crippen LogP contribution in [0.25, 0.3) is 0 Å². The van der Waals surface area contributed by atoms with Crippen LogP contribution in [-0.4, -0.2) is 30.4 Å². The third kappa shape index (κ3) is 6.44. The number of hydrogen-bond acceptors (Lipinski definition) is 3. The Morgan fingerprint density at radius 3 is 2.22 bits per heavy atom. The Morgan fingerprint density at radius 1 is 0.926 bits per heavy atom. The van der Waals surface area contributed by atoms with E-state index in [2.05, 4.69) is 4.74 Å². The van der Waals surface area contributed by atoms with Gasteiger partial charge in [0.05, 0.1) is 13.5 Å². The van der Waals surface area contributed by atoms with Crippen LogP contribution in [0.3, 0.4) is 0 Å². The number of hydrogen-bond donors (Lipinski definition) is 0. The van der Waals surface area contributed by atoms with Gasteiger partial charge in [-0.2, -0.15) is 0 Å². The van der Waals surface area contributed by atoms with Crippen LogP contribution in [0.2, 0.25) is 0 Å². The molecule has 0 fully saturated rings. The lowest BCUT2D eigenvalue weighted by Gasteiger charge is -2.22. The number of methoxy groups -OCH3 is 1. The molecule has 7 heteroatoms. The third-order valence-electron chi connectivity index (χ3n) is 4.06. The molecule has 0 saturated heterocycles. The maximum absolute atomic E-state index is 13.4. The minimum atomic E-state index is -1.00. The highest BCUT2D eigenvalue weighted by molar-refractivity contribution is 5.77. The van der Waals surface area contributed by atoms with Crippen LogP contribution >= 0.6 is 0 Å². The number of carbonyl (C=O) groups excluding carboxylic acids is 2. The number of ether oxygens (including phenoxy) is 1. The van der Waals surface area contributed by atoms with Crippen LogP contribution in [0.5, 0.6) is 0 Å². The van der Waals surface area contributed by atoms with Crippen LogP contribution in [0, 0.1) is 17.5 Å². The Kier molecular flexibility index (Phi) is 7.40. The Morgan fingerprint density at radius 2 is 1.59 bits per heavy atom. The summed E-state index contributed by atoms with van der Waals surface area (Å²) in [5.74, 6) is -3.06. The molecule has 0 bridgehead atoms. The highest BCUT2D eigenvalue weighted by Crippen LogP contribution is 2.14. The van der Waals surface area contributed by atoms with Gasteiger partial charge in [-0.05, 0) is 41.8 Å². The zero-order valence-electron chi connectivity index (χ0n) is 14.9. The summed E-state index contributed by atoms with van der Waals surface area (Å²) in [4.78, 5) is 25.4. The minimum absolute atomic E-state index is 0.0114. The van der Waals surface area contributed by atoms with Crippen molar-refractivity contribution < 1.29 is 27.5 Å². The SMILES string of the molecule is COC(=O)CCN(Cc1ccc(F)c(F)c1)C(=O)CCc1ccc(F)cc1. The number of nitrogens with zero attached hydrogens (tertiary/aromatic N) is 1. The summed E-state index contributed by atoms with van der Waals surface area (Å²) in [5.41, 5.74) is 1.21. The van der Waals surface area contributed by atoms with E-state index in [1.54, 1.807) is 12.1 Å². The summed E-state index contributed by atoms with van der Waals surface area (Å²) in [6, 6.07) is 9.22. The maximum Gasteiger partial charge on any atom is 0.307 e. The molecule has 0 unspecified atom stereocenters. The predicted molar refractivity (Wildman–Crippen MR) is 93.1 cm³/mol. The second kappa shape index (κ2) is 9.75. The van der Waals surface area contributed by atoms with E-state index in [9.17, 15) is 22.8 Å². The van der Waals surface area contributed by atoms with E-state index in [0.717, 1.165) is 17.7 Å². The van der Waals surface area contributed by atoms with E-state index in [4.69, 9.17) is 0 Å². The van der Waals surface area contributed by atoms with E-state index < -0.39 is 17.6 Å². The normalized spacial score (nSPS) is 10.5. The Labute approximate surface area is 155 Å². The predicted octanol–water partition coefficient (Wildman–Crippen LogP) is 3.63. The van der Waals surface area contributed by atoms with Crippen LogP contribution in [0.15, 0.2) is 42.5 Å². The minimum Gasteiger partial charge on any atom is -0.469 e. The van der Waals surface area contributed by atoms with Gasteiger partial charge in [0.25, 0.3) is 0 Å². The Hall–Kier alpha value is -2.83. The molecule has 2 aromatic carbocycles. The highest BCUT2D eigenvalue weighted by Gasteiger charge is 2.17. The van der Waals surface area contributed by atoms with Crippen molar-refractivity contribution in [3.8, 4) is 0 Å². The van der Waals surface area contributed by atoms with Crippen LogP contribution in [0.1, 0.15) is 24.0 Å². The summed E-state index contributed by atoms with van der Waals surface area (Å²) in [6.07, 6.45) is 0.518. The monoisotopic (exact) mass is 379 g/mol. The maximum atomic E-state index is 13.4. The Balaban J connectivity index is 2.04. The van der Waals surface area contributed by atoms with E-state index in [1.165, 1.54) is 30.2 Å². The lowest BCUT2D eigenvalue weighted by Crippen LogP contribution is -2.33. The smallest absolute Gasteiger partial charge is 0.307 e. The summed E-state index contributed by atoms with van der Waals surface area (Å²) < 4.78 is 44.0. The first-order valence-electron chi connectivity index (χ1n) is 8.42. The van der Waals surface area contributed by atoms with Crippen molar-refractivity contribution in [3.05, 3.63) is 71.0 Å². The molecule has 0 aliphatic heterocycles. The average Bonchev–Trinajstić information content (AvgIpc) is 2.66. The van der Waals surface area contributed by atoms with Crippen molar-refractivity contribution in [1.82, 2.24) is 4.90 Å². The molecule has 4 nitrogen and oxygen atoms in total. The van der Waals surface area contributed by atoms with Crippen LogP contribution in [0.4, 0.5) is 13.2 Å². The van der Waals surface area contributed by atoms with Crippen molar-refractivity contribution in [2.75, 3.05) is 13.7 Å². The van der Waals surface area contributed by atoms with Crippen LogP contribution < -0.4 is 0 Å². The molecule has 0 aromatic heterocycles. The first-order chi connectivity index (χ1) is 12.9. The number of halogens is 3. The number of amides is 1. The molecule has 1 amide bonds. The molecule has 27 heavy (non-hydrogen) atoms. The van der Waals surface area contributed by atoms with Gasteiger partial charge < -0.3 is 9.64 Å². The van der Waals surface area contributed by atoms with Crippen molar-refractivity contribution in [1.29, 1.82) is 0 Å². The van der Waals surface area contributed by atoms with E-state index in [0.29, 0.717) is 12.0 Å². The molecular weight excluding hydrogens is 359 g/mol. The number of benzene rings is 2. The molecule has 0 N–H and O–H groups in total. The molecule has 0 aliphatic rings. The molecule has 0 saturated carbocycles. The first-order valence-corrected chi connectivity index (χ1v) is 8.42. The fourth-order valence-electron chi connectivity index (χ4n) is 2.54. The van der Waals surface area contributed by atoms with Crippen LogP contribution in [-0.2, 0) is 27.3 Å². The van der Waals surface area contributed by atoms with Gasteiger partial charge >= 0.3 is 5.97 Å². The van der Waals surface area contributed by atoms with Gasteiger partial charge in [-0.15, -0.1) is 0 Å². The lowest BCUT2D eigenvalue weighted by atomic mass is 10.1. The van der Waals surface area contributed by atoms with E-state index in [1.807, 2.05) is 0 Å². The topological polar surface area (TPSA) is 46.6 Å². The molecule has 144 valence electrons. The molecule has 2 rings (SSSR count). The largest absolute Gasteiger partial charge is 0.469 e. The first kappa shape index (κ1) is 20.5. The lowest BCUT2D eigenvalue weighted by molar-refractivity contribution is -0.142. The number of esters is 1.